The summed E-state index contributed by atoms with van der Waals surface area (Å²) in [5.41, 5.74) is 3.43. The van der Waals surface area contributed by atoms with E-state index in [0.717, 1.165) is 49.9 Å². The van der Waals surface area contributed by atoms with Gasteiger partial charge < -0.3 is 19.5 Å². The molecule has 2 heterocycles. The van der Waals surface area contributed by atoms with E-state index in [1.165, 1.54) is 5.56 Å². The fourth-order valence-electron chi connectivity index (χ4n) is 5.29. The summed E-state index contributed by atoms with van der Waals surface area (Å²) in [5, 5.41) is 9.32. The largest absolute Gasteiger partial charge is 0.496 e. The molecule has 3 fully saturated rings. The number of benzene rings is 2. The minimum Gasteiger partial charge on any atom is -0.496 e. The topological polar surface area (TPSA) is 76.1 Å². The number of carbonyl (C=O) groups is 2. The van der Waals surface area contributed by atoms with Gasteiger partial charge in [0.15, 0.2) is 0 Å². The molecule has 0 radical (unpaired) electrons. The monoisotopic (exact) mass is 421 g/mol. The number of hydrogen-bond acceptors (Lipinski definition) is 4. The van der Waals surface area contributed by atoms with Crippen molar-refractivity contribution >= 4 is 11.9 Å². The van der Waals surface area contributed by atoms with Crippen molar-refractivity contribution in [3.8, 4) is 16.9 Å². The maximum Gasteiger partial charge on any atom is 0.335 e. The second-order valence-corrected chi connectivity index (χ2v) is 8.97. The van der Waals surface area contributed by atoms with Gasteiger partial charge in [-0.3, -0.25) is 4.79 Å². The summed E-state index contributed by atoms with van der Waals surface area (Å²) in [7, 11) is 1.59. The predicted molar refractivity (Wildman–Crippen MR) is 115 cm³/mol. The van der Waals surface area contributed by atoms with E-state index in [-0.39, 0.29) is 23.0 Å². The number of hydrogen-bond donors (Lipinski definition) is 1. The highest BCUT2D eigenvalue weighted by molar-refractivity contribution is 5.90. The van der Waals surface area contributed by atoms with Crippen LogP contribution in [0.1, 0.15) is 47.5 Å². The van der Waals surface area contributed by atoms with Crippen LogP contribution in [0.5, 0.6) is 5.75 Å². The molecule has 3 aliphatic rings. The molecular weight excluding hydrogens is 394 g/mol. The highest BCUT2D eigenvalue weighted by Gasteiger charge is 2.58. The van der Waals surface area contributed by atoms with E-state index in [9.17, 15) is 14.7 Å². The van der Waals surface area contributed by atoms with Crippen LogP contribution < -0.4 is 4.74 Å². The summed E-state index contributed by atoms with van der Waals surface area (Å²) < 4.78 is 11.0. The Kier molecular flexibility index (Phi) is 4.97. The Bertz CT molecular complexity index is 1010. The van der Waals surface area contributed by atoms with Crippen LogP contribution in [0.15, 0.2) is 42.5 Å². The van der Waals surface area contributed by atoms with E-state index in [1.807, 2.05) is 17.0 Å². The molecule has 6 nitrogen and oxygen atoms in total. The van der Waals surface area contributed by atoms with Crippen LogP contribution in [0.4, 0.5) is 0 Å². The average Bonchev–Trinajstić information content (AvgIpc) is 3.14. The number of carboxylic acids is 1. The number of carbonyl (C=O) groups excluding carboxylic acids is 1. The van der Waals surface area contributed by atoms with E-state index in [0.29, 0.717) is 18.3 Å². The zero-order valence-corrected chi connectivity index (χ0v) is 17.7. The van der Waals surface area contributed by atoms with Gasteiger partial charge in [-0.05, 0) is 66.3 Å². The molecule has 1 N–H and O–H groups in total. The first-order valence-electron chi connectivity index (χ1n) is 10.9. The lowest BCUT2D eigenvalue weighted by atomic mass is 9.95. The fraction of sp³-hybridized carbons (Fsp3) is 0.440. The Hall–Kier alpha value is -2.86. The Labute approximate surface area is 181 Å². The summed E-state index contributed by atoms with van der Waals surface area (Å²) >= 11 is 0. The maximum absolute atomic E-state index is 12.7. The van der Waals surface area contributed by atoms with E-state index in [1.54, 1.807) is 25.3 Å². The number of ether oxygens (including phenoxy) is 2. The van der Waals surface area contributed by atoms with E-state index in [4.69, 9.17) is 9.47 Å². The summed E-state index contributed by atoms with van der Waals surface area (Å²) in [6.45, 7) is 2.35. The molecule has 0 unspecified atom stereocenters. The number of nitrogens with zero attached hydrogens (tertiary/aromatic N) is 1. The highest BCUT2D eigenvalue weighted by atomic mass is 16.5. The molecule has 31 heavy (non-hydrogen) atoms. The van der Waals surface area contributed by atoms with E-state index in [2.05, 4.69) is 12.1 Å². The molecule has 1 spiro atoms. The second-order valence-electron chi connectivity index (χ2n) is 8.97. The lowest BCUT2D eigenvalue weighted by Gasteiger charge is -2.20. The molecule has 2 aromatic rings. The van der Waals surface area contributed by atoms with Crippen LogP contribution in [-0.2, 0) is 9.53 Å². The number of carboxylic acid groups (broad SMARTS) is 1. The summed E-state index contributed by atoms with van der Waals surface area (Å²) in [4.78, 5) is 26.1. The van der Waals surface area contributed by atoms with Crippen molar-refractivity contribution < 1.29 is 24.2 Å². The van der Waals surface area contributed by atoms with Crippen LogP contribution in [0, 0.1) is 5.41 Å². The molecule has 0 aromatic heterocycles. The first-order valence-corrected chi connectivity index (χ1v) is 10.9. The van der Waals surface area contributed by atoms with Gasteiger partial charge in [-0.25, -0.2) is 4.79 Å². The van der Waals surface area contributed by atoms with Gasteiger partial charge in [0.05, 0.1) is 12.7 Å². The zero-order valence-electron chi connectivity index (χ0n) is 17.7. The Morgan fingerprint density at radius 3 is 2.68 bits per heavy atom. The van der Waals surface area contributed by atoms with Gasteiger partial charge in [0.25, 0.3) is 5.91 Å². The maximum atomic E-state index is 12.7. The quantitative estimate of drug-likeness (QED) is 0.791. The van der Waals surface area contributed by atoms with Gasteiger partial charge in [-0.15, -0.1) is 0 Å². The zero-order chi connectivity index (χ0) is 21.6. The van der Waals surface area contributed by atoms with Crippen molar-refractivity contribution in [2.24, 2.45) is 5.41 Å². The first kappa shape index (κ1) is 20.1. The fourth-order valence-corrected chi connectivity index (χ4v) is 5.29. The number of aromatic carboxylic acids is 1. The number of methoxy groups -OCH3 is 1. The van der Waals surface area contributed by atoms with Crippen molar-refractivity contribution in [3.63, 3.8) is 0 Å². The van der Waals surface area contributed by atoms with Gasteiger partial charge >= 0.3 is 5.97 Å². The second kappa shape index (κ2) is 7.68. The van der Waals surface area contributed by atoms with Gasteiger partial charge in [0.2, 0.25) is 0 Å². The smallest absolute Gasteiger partial charge is 0.335 e. The normalized spacial score (nSPS) is 26.9. The van der Waals surface area contributed by atoms with Gasteiger partial charge in [0, 0.05) is 25.3 Å². The molecule has 6 heteroatoms. The summed E-state index contributed by atoms with van der Waals surface area (Å²) in [6, 6.07) is 13.2. The van der Waals surface area contributed by atoms with E-state index >= 15 is 0 Å². The number of amides is 1. The molecule has 2 aromatic carbocycles. The lowest BCUT2D eigenvalue weighted by molar-refractivity contribution is -0.140. The predicted octanol–water partition coefficient (Wildman–Crippen LogP) is 3.95. The van der Waals surface area contributed by atoms with Crippen molar-refractivity contribution in [3.05, 3.63) is 53.6 Å². The molecule has 2 aliphatic heterocycles. The van der Waals surface area contributed by atoms with Gasteiger partial charge in [-0.2, -0.15) is 0 Å². The first-order chi connectivity index (χ1) is 15.0. The van der Waals surface area contributed by atoms with Crippen LogP contribution in [-0.4, -0.2) is 54.8 Å². The highest BCUT2D eigenvalue weighted by Crippen LogP contribution is 2.64. The molecule has 0 bridgehead atoms. The molecule has 3 atom stereocenters. The van der Waals surface area contributed by atoms with Crippen molar-refractivity contribution in [1.82, 2.24) is 4.90 Å². The lowest BCUT2D eigenvalue weighted by Crippen LogP contribution is -2.37. The molecule has 1 amide bonds. The van der Waals surface area contributed by atoms with Crippen LogP contribution in [0.25, 0.3) is 11.1 Å². The van der Waals surface area contributed by atoms with Crippen molar-refractivity contribution in [2.75, 3.05) is 26.8 Å². The SMILES string of the molecule is COc1ccc(C(=O)O)cc1-c1ccc([C@@H]2C[C@@]23CCN(C(=O)[C@H]2CCCO2)C3)cc1. The number of rotatable bonds is 5. The third-order valence-electron chi connectivity index (χ3n) is 7.16. The molecular formula is C25H27NO5. The Balaban J connectivity index is 1.30. The molecule has 5 rings (SSSR count). The van der Waals surface area contributed by atoms with Crippen LogP contribution in [0.2, 0.25) is 0 Å². The molecule has 1 saturated carbocycles. The number of likely N-dealkylation sites (tertiary alicyclic amines) is 1. The van der Waals surface area contributed by atoms with Crippen LogP contribution >= 0.6 is 0 Å². The summed E-state index contributed by atoms with van der Waals surface area (Å²) in [5.74, 6) is 0.334. The van der Waals surface area contributed by atoms with E-state index < -0.39 is 5.97 Å². The third-order valence-corrected chi connectivity index (χ3v) is 7.16. The minimum atomic E-state index is -0.955. The third kappa shape index (κ3) is 3.59. The molecule has 162 valence electrons. The standard InChI is InChI=1S/C25H27NO5/c1-30-21-9-8-18(24(28)29)13-19(21)16-4-6-17(7-5-16)20-14-25(20)10-11-26(15-25)23(27)22-3-2-12-31-22/h4-9,13,20,22H,2-3,10-12,14-15H2,1H3,(H,28,29)/t20-,22+,25+/m0/s1. The van der Waals surface area contributed by atoms with Crippen molar-refractivity contribution in [2.45, 2.75) is 37.7 Å². The van der Waals surface area contributed by atoms with Gasteiger partial charge in [-0.1, -0.05) is 24.3 Å². The van der Waals surface area contributed by atoms with Crippen LogP contribution in [0.3, 0.4) is 0 Å². The summed E-state index contributed by atoms with van der Waals surface area (Å²) in [6.07, 6.45) is 3.75. The Morgan fingerprint density at radius 2 is 2.00 bits per heavy atom. The average molecular weight is 421 g/mol. The molecule has 1 aliphatic carbocycles. The van der Waals surface area contributed by atoms with Crippen molar-refractivity contribution in [1.29, 1.82) is 0 Å². The Morgan fingerprint density at radius 1 is 1.19 bits per heavy atom. The molecule has 2 saturated heterocycles. The van der Waals surface area contributed by atoms with Gasteiger partial charge in [0.1, 0.15) is 11.9 Å². The minimum absolute atomic E-state index is 0.167.